The molecule has 0 unspecified atom stereocenters. The minimum atomic E-state index is 0.455. The summed E-state index contributed by atoms with van der Waals surface area (Å²) in [5.41, 5.74) is 20.5. The van der Waals surface area contributed by atoms with E-state index in [2.05, 4.69) is 203 Å². The van der Waals surface area contributed by atoms with Crippen molar-refractivity contribution in [2.75, 3.05) is 0 Å². The molecule has 9 rings (SSSR count). The zero-order chi connectivity index (χ0) is 38.7. The van der Waals surface area contributed by atoms with Gasteiger partial charge in [0.05, 0.1) is 22.4 Å². The van der Waals surface area contributed by atoms with Gasteiger partial charge in [0.15, 0.2) is 0 Å². The molecule has 0 fully saturated rings. The van der Waals surface area contributed by atoms with Gasteiger partial charge in [-0.05, 0) is 134 Å². The molecular weight excluding hydrogens is 679 g/mol. The fourth-order valence-corrected chi connectivity index (χ4v) is 8.87. The van der Waals surface area contributed by atoms with E-state index in [1.807, 2.05) is 6.20 Å². The van der Waals surface area contributed by atoms with Crippen LogP contribution in [0.2, 0.25) is 0 Å². The van der Waals surface area contributed by atoms with Crippen LogP contribution in [0, 0.1) is 34.6 Å². The first-order valence-electron chi connectivity index (χ1n) is 19.7. The van der Waals surface area contributed by atoms with Crippen molar-refractivity contribution in [2.24, 2.45) is 0 Å². The molecule has 7 aromatic carbocycles. The number of imidazole rings is 1. The summed E-state index contributed by atoms with van der Waals surface area (Å²) in [7, 11) is 0. The monoisotopic (exact) mass is 725 g/mol. The lowest BCUT2D eigenvalue weighted by molar-refractivity contribution is 0.858. The molecule has 9 aromatic rings. The molecule has 0 aliphatic carbocycles. The molecule has 0 spiro atoms. The maximum absolute atomic E-state index is 5.19. The van der Waals surface area contributed by atoms with Crippen LogP contribution >= 0.6 is 0 Å². The largest absolute Gasteiger partial charge is 0.309 e. The Kier molecular flexibility index (Phi) is 8.82. The van der Waals surface area contributed by atoms with Gasteiger partial charge in [-0.25, -0.2) is 4.98 Å². The minimum absolute atomic E-state index is 0.455. The Bertz CT molecular complexity index is 2830. The average Bonchev–Trinajstić information content (AvgIpc) is 3.74. The molecule has 2 aromatic heterocycles. The van der Waals surface area contributed by atoms with E-state index in [0.717, 1.165) is 45.0 Å². The topological polar surface area (TPSA) is 22.8 Å². The number of aryl methyl sites for hydroxylation is 5. The SMILES string of the molecule is Cc1ccc2c(c1)c1cc(C(C)C)c(C)cc1n2-c1c(C)cc(-c2ncc(C)n2-c2c(-c3ccccc3)cc(-c3ccccc3)cc2-c2ccccc2)cc1C. The van der Waals surface area contributed by atoms with Gasteiger partial charge in [0.2, 0.25) is 0 Å². The predicted molar refractivity (Wildman–Crippen MR) is 237 cm³/mol. The molecule has 274 valence electrons. The number of nitrogens with zero attached hydrogens (tertiary/aromatic N) is 3. The molecule has 3 heteroatoms. The first kappa shape index (κ1) is 35.3. The van der Waals surface area contributed by atoms with E-state index in [9.17, 15) is 0 Å². The maximum Gasteiger partial charge on any atom is 0.144 e. The summed E-state index contributed by atoms with van der Waals surface area (Å²) in [4.78, 5) is 5.19. The third-order valence-electron chi connectivity index (χ3n) is 11.5. The summed E-state index contributed by atoms with van der Waals surface area (Å²) in [6.07, 6.45) is 2.02. The Labute approximate surface area is 330 Å². The van der Waals surface area contributed by atoms with Gasteiger partial charge in [-0.1, -0.05) is 116 Å². The second-order valence-corrected chi connectivity index (χ2v) is 15.8. The van der Waals surface area contributed by atoms with Crippen LogP contribution in [0.25, 0.3) is 77.9 Å². The molecule has 0 amide bonds. The third-order valence-corrected chi connectivity index (χ3v) is 11.5. The van der Waals surface area contributed by atoms with Gasteiger partial charge in [-0.3, -0.25) is 4.57 Å². The van der Waals surface area contributed by atoms with Crippen LogP contribution in [-0.4, -0.2) is 14.1 Å². The quantitative estimate of drug-likeness (QED) is 0.160. The van der Waals surface area contributed by atoms with Crippen molar-refractivity contribution < 1.29 is 0 Å². The van der Waals surface area contributed by atoms with Gasteiger partial charge in [0.1, 0.15) is 5.82 Å². The van der Waals surface area contributed by atoms with Crippen molar-refractivity contribution in [3.8, 4) is 56.1 Å². The lowest BCUT2D eigenvalue weighted by Gasteiger charge is -2.23. The van der Waals surface area contributed by atoms with E-state index in [-0.39, 0.29) is 0 Å². The molecule has 0 saturated carbocycles. The van der Waals surface area contributed by atoms with Crippen molar-refractivity contribution in [1.82, 2.24) is 14.1 Å². The Morgan fingerprint density at radius 2 is 1.00 bits per heavy atom. The zero-order valence-corrected chi connectivity index (χ0v) is 33.4. The number of fused-ring (bicyclic) bond motifs is 3. The highest BCUT2D eigenvalue weighted by molar-refractivity contribution is 6.10. The van der Waals surface area contributed by atoms with E-state index in [0.29, 0.717) is 5.92 Å². The lowest BCUT2D eigenvalue weighted by Crippen LogP contribution is -2.06. The third kappa shape index (κ3) is 5.95. The normalized spacial score (nSPS) is 11.6. The second kappa shape index (κ2) is 14.0. The minimum Gasteiger partial charge on any atom is -0.309 e. The van der Waals surface area contributed by atoms with Crippen LogP contribution in [0.5, 0.6) is 0 Å². The van der Waals surface area contributed by atoms with E-state index >= 15 is 0 Å². The van der Waals surface area contributed by atoms with Crippen molar-refractivity contribution in [3.05, 3.63) is 185 Å². The van der Waals surface area contributed by atoms with Crippen molar-refractivity contribution >= 4 is 21.8 Å². The summed E-state index contributed by atoms with van der Waals surface area (Å²) in [5, 5.41) is 2.62. The zero-order valence-electron chi connectivity index (χ0n) is 33.4. The molecule has 3 nitrogen and oxygen atoms in total. The Morgan fingerprint density at radius 1 is 0.446 bits per heavy atom. The molecule has 0 radical (unpaired) electrons. The molecule has 0 atom stereocenters. The molecule has 0 aliphatic rings. The van der Waals surface area contributed by atoms with Crippen molar-refractivity contribution in [1.29, 1.82) is 0 Å². The summed E-state index contributed by atoms with van der Waals surface area (Å²) < 4.78 is 4.88. The van der Waals surface area contributed by atoms with Crippen LogP contribution in [0.3, 0.4) is 0 Å². The van der Waals surface area contributed by atoms with Crippen LogP contribution in [0.1, 0.15) is 53.3 Å². The molecule has 0 bridgehead atoms. The Balaban J connectivity index is 1.29. The van der Waals surface area contributed by atoms with Gasteiger partial charge < -0.3 is 4.57 Å². The lowest BCUT2D eigenvalue weighted by atomic mass is 9.90. The molecule has 2 heterocycles. The fraction of sp³-hybridized carbons (Fsp3) is 0.151. The smallest absolute Gasteiger partial charge is 0.144 e. The standard InChI is InChI=1S/C53H47N3/c1-33(2)44-31-48-47-25-34(3)23-24-49(47)56(50(48)28-35(44)4)51-36(5)26-43(27-37(51)6)53-54-32-38(7)55(53)52-45(40-19-13-9-14-20-40)29-42(39-17-11-8-12-18-39)30-46(52)41-21-15-10-16-22-41/h8-33H,1-7H3. The number of hydrogen-bond donors (Lipinski definition) is 0. The first-order chi connectivity index (χ1) is 27.2. The summed E-state index contributed by atoms with van der Waals surface area (Å²) in [6.45, 7) is 15.7. The molecule has 0 saturated heterocycles. The van der Waals surface area contributed by atoms with Crippen molar-refractivity contribution in [2.45, 2.75) is 54.4 Å². The van der Waals surface area contributed by atoms with Gasteiger partial charge in [-0.15, -0.1) is 0 Å². The van der Waals surface area contributed by atoms with Gasteiger partial charge in [-0.2, -0.15) is 0 Å². The first-order valence-corrected chi connectivity index (χ1v) is 19.7. The Hall–Kier alpha value is -6.45. The Morgan fingerprint density at radius 3 is 1.57 bits per heavy atom. The second-order valence-electron chi connectivity index (χ2n) is 15.8. The fourth-order valence-electron chi connectivity index (χ4n) is 8.87. The average molecular weight is 726 g/mol. The number of aromatic nitrogens is 3. The van der Waals surface area contributed by atoms with Crippen LogP contribution in [0.15, 0.2) is 152 Å². The highest BCUT2D eigenvalue weighted by Gasteiger charge is 2.24. The summed E-state index contributed by atoms with van der Waals surface area (Å²) >= 11 is 0. The summed E-state index contributed by atoms with van der Waals surface area (Å²) in [6, 6.07) is 53.4. The van der Waals surface area contributed by atoms with E-state index in [4.69, 9.17) is 4.98 Å². The van der Waals surface area contributed by atoms with Crippen molar-refractivity contribution in [3.63, 3.8) is 0 Å². The molecule has 0 N–H and O–H groups in total. The van der Waals surface area contributed by atoms with Gasteiger partial charge in [0, 0.05) is 39.4 Å². The van der Waals surface area contributed by atoms with Gasteiger partial charge in [0.25, 0.3) is 0 Å². The van der Waals surface area contributed by atoms with E-state index in [1.54, 1.807) is 0 Å². The van der Waals surface area contributed by atoms with E-state index in [1.165, 1.54) is 66.4 Å². The van der Waals surface area contributed by atoms with Gasteiger partial charge >= 0.3 is 0 Å². The number of rotatable bonds is 7. The maximum atomic E-state index is 5.19. The van der Waals surface area contributed by atoms with Crippen LogP contribution in [0.4, 0.5) is 0 Å². The predicted octanol–water partition coefficient (Wildman–Crippen LogP) is 14.3. The molecular formula is C53H47N3. The highest BCUT2D eigenvalue weighted by Crippen LogP contribution is 2.43. The van der Waals surface area contributed by atoms with Crippen LogP contribution < -0.4 is 0 Å². The number of hydrogen-bond acceptors (Lipinski definition) is 1. The number of benzene rings is 7. The van der Waals surface area contributed by atoms with Crippen LogP contribution in [-0.2, 0) is 0 Å². The molecule has 56 heavy (non-hydrogen) atoms. The summed E-state index contributed by atoms with van der Waals surface area (Å²) in [5.74, 6) is 1.38. The van der Waals surface area contributed by atoms with E-state index < -0.39 is 0 Å². The molecule has 0 aliphatic heterocycles. The highest BCUT2D eigenvalue weighted by atomic mass is 15.1.